The van der Waals surface area contributed by atoms with Crippen LogP contribution in [-0.2, 0) is 10.0 Å². The predicted octanol–water partition coefficient (Wildman–Crippen LogP) is 4.06. The quantitative estimate of drug-likeness (QED) is 0.658. The first-order valence-electron chi connectivity index (χ1n) is 8.53. The first-order chi connectivity index (χ1) is 13.4. The highest BCUT2D eigenvalue weighted by atomic mass is 32.2. The van der Waals surface area contributed by atoms with Gasteiger partial charge in [-0.2, -0.15) is 0 Å². The van der Waals surface area contributed by atoms with Crippen LogP contribution < -0.4 is 14.8 Å². The number of amides is 1. The standard InChI is InChI=1S/C21H20N2O4S/c1-15-5-3-4-6-20(15)23-28(25,26)19-13-7-16(8-14-19)21(24)22-17-9-11-18(27-2)12-10-17/h3-14,23H,1-2H3,(H,22,24). The molecule has 0 atom stereocenters. The monoisotopic (exact) mass is 396 g/mol. The maximum absolute atomic E-state index is 12.6. The molecule has 28 heavy (non-hydrogen) atoms. The molecule has 0 saturated carbocycles. The Kier molecular flexibility index (Phi) is 5.65. The number of sulfonamides is 1. The van der Waals surface area contributed by atoms with Gasteiger partial charge in [-0.15, -0.1) is 0 Å². The number of carbonyl (C=O) groups excluding carboxylic acids is 1. The van der Waals surface area contributed by atoms with E-state index in [9.17, 15) is 13.2 Å². The van der Waals surface area contributed by atoms with Crippen molar-refractivity contribution in [1.82, 2.24) is 0 Å². The topological polar surface area (TPSA) is 84.5 Å². The van der Waals surface area contributed by atoms with Crippen LogP contribution in [0.4, 0.5) is 11.4 Å². The van der Waals surface area contributed by atoms with E-state index in [0.29, 0.717) is 22.7 Å². The van der Waals surface area contributed by atoms with Gasteiger partial charge in [-0.3, -0.25) is 9.52 Å². The zero-order valence-electron chi connectivity index (χ0n) is 15.5. The minimum atomic E-state index is -3.74. The van der Waals surface area contributed by atoms with Gasteiger partial charge >= 0.3 is 0 Å². The van der Waals surface area contributed by atoms with E-state index in [-0.39, 0.29) is 10.8 Å². The number of aryl methyl sites for hydroxylation is 1. The average molecular weight is 396 g/mol. The highest BCUT2D eigenvalue weighted by Crippen LogP contribution is 2.20. The lowest BCUT2D eigenvalue weighted by Crippen LogP contribution is -2.15. The van der Waals surface area contributed by atoms with Gasteiger partial charge in [0.25, 0.3) is 15.9 Å². The van der Waals surface area contributed by atoms with E-state index in [1.54, 1.807) is 43.5 Å². The summed E-state index contributed by atoms with van der Waals surface area (Å²) in [6, 6.07) is 19.8. The molecule has 0 fully saturated rings. The normalized spacial score (nSPS) is 10.9. The van der Waals surface area contributed by atoms with E-state index < -0.39 is 10.0 Å². The summed E-state index contributed by atoms with van der Waals surface area (Å²) in [6.45, 7) is 1.82. The van der Waals surface area contributed by atoms with Crippen molar-refractivity contribution in [2.24, 2.45) is 0 Å². The molecule has 144 valence electrons. The van der Waals surface area contributed by atoms with Crippen molar-refractivity contribution >= 4 is 27.3 Å². The number of benzene rings is 3. The second-order valence-electron chi connectivity index (χ2n) is 6.13. The maximum atomic E-state index is 12.6. The number of ether oxygens (including phenoxy) is 1. The van der Waals surface area contributed by atoms with Gasteiger partial charge in [-0.05, 0) is 67.1 Å². The molecular weight excluding hydrogens is 376 g/mol. The van der Waals surface area contributed by atoms with Crippen LogP contribution in [-0.4, -0.2) is 21.4 Å². The van der Waals surface area contributed by atoms with Crippen LogP contribution in [0, 0.1) is 6.92 Å². The Labute approximate surface area is 164 Å². The van der Waals surface area contributed by atoms with E-state index in [0.717, 1.165) is 5.56 Å². The first-order valence-corrected chi connectivity index (χ1v) is 10.0. The highest BCUT2D eigenvalue weighted by Gasteiger charge is 2.16. The third kappa shape index (κ3) is 4.50. The molecule has 3 aromatic carbocycles. The van der Waals surface area contributed by atoms with Crippen LogP contribution in [0.3, 0.4) is 0 Å². The second-order valence-corrected chi connectivity index (χ2v) is 7.81. The van der Waals surface area contributed by atoms with Crippen LogP contribution in [0.25, 0.3) is 0 Å². The lowest BCUT2D eigenvalue weighted by atomic mass is 10.2. The van der Waals surface area contributed by atoms with E-state index in [2.05, 4.69) is 10.0 Å². The van der Waals surface area contributed by atoms with Crippen LogP contribution in [0.1, 0.15) is 15.9 Å². The third-order valence-electron chi connectivity index (χ3n) is 4.16. The van der Waals surface area contributed by atoms with Crippen LogP contribution in [0.15, 0.2) is 77.7 Å². The number of anilines is 2. The van der Waals surface area contributed by atoms with Crippen molar-refractivity contribution in [3.63, 3.8) is 0 Å². The second kappa shape index (κ2) is 8.14. The molecule has 2 N–H and O–H groups in total. The number of rotatable bonds is 6. The Balaban J connectivity index is 1.73. The summed E-state index contributed by atoms with van der Waals surface area (Å²) in [5.74, 6) is 0.356. The number of methoxy groups -OCH3 is 1. The Morgan fingerprint density at radius 1 is 0.893 bits per heavy atom. The summed E-state index contributed by atoms with van der Waals surface area (Å²) in [5, 5.41) is 2.76. The zero-order chi connectivity index (χ0) is 20.1. The highest BCUT2D eigenvalue weighted by molar-refractivity contribution is 7.92. The smallest absolute Gasteiger partial charge is 0.261 e. The van der Waals surface area contributed by atoms with Gasteiger partial charge in [0.1, 0.15) is 5.75 Å². The molecule has 0 saturated heterocycles. The molecule has 0 unspecified atom stereocenters. The molecule has 0 aliphatic heterocycles. The molecule has 6 nitrogen and oxygen atoms in total. The largest absolute Gasteiger partial charge is 0.497 e. The number of hydrogen-bond acceptors (Lipinski definition) is 4. The SMILES string of the molecule is COc1ccc(NC(=O)c2ccc(S(=O)(=O)Nc3ccccc3C)cc2)cc1. The van der Waals surface area contributed by atoms with Crippen molar-refractivity contribution < 1.29 is 17.9 Å². The molecule has 7 heteroatoms. The molecule has 0 bridgehead atoms. The molecule has 1 amide bonds. The summed E-state index contributed by atoms with van der Waals surface area (Å²) < 4.78 is 32.8. The summed E-state index contributed by atoms with van der Waals surface area (Å²) in [4.78, 5) is 12.4. The van der Waals surface area contributed by atoms with Gasteiger partial charge in [0.05, 0.1) is 17.7 Å². The van der Waals surface area contributed by atoms with Crippen molar-refractivity contribution in [3.05, 3.63) is 83.9 Å². The number of hydrogen-bond donors (Lipinski definition) is 2. The summed E-state index contributed by atoms with van der Waals surface area (Å²) >= 11 is 0. The Morgan fingerprint density at radius 3 is 2.14 bits per heavy atom. The predicted molar refractivity (Wildman–Crippen MR) is 109 cm³/mol. The zero-order valence-corrected chi connectivity index (χ0v) is 16.3. The third-order valence-corrected chi connectivity index (χ3v) is 5.55. The summed E-state index contributed by atoms with van der Waals surface area (Å²) in [6.07, 6.45) is 0. The fourth-order valence-electron chi connectivity index (χ4n) is 2.55. The minimum Gasteiger partial charge on any atom is -0.497 e. The Bertz CT molecular complexity index is 1080. The molecule has 3 rings (SSSR count). The molecular formula is C21H20N2O4S. The molecule has 0 heterocycles. The van der Waals surface area contributed by atoms with Gasteiger partial charge in [-0.1, -0.05) is 18.2 Å². The minimum absolute atomic E-state index is 0.0803. The molecule has 0 radical (unpaired) electrons. The van der Waals surface area contributed by atoms with E-state index in [4.69, 9.17) is 4.74 Å². The van der Waals surface area contributed by atoms with Crippen molar-refractivity contribution in [1.29, 1.82) is 0 Å². The van der Waals surface area contributed by atoms with E-state index >= 15 is 0 Å². The van der Waals surface area contributed by atoms with Gasteiger partial charge in [-0.25, -0.2) is 8.42 Å². The summed E-state index contributed by atoms with van der Waals surface area (Å²) in [5.41, 5.74) is 2.31. The van der Waals surface area contributed by atoms with Gasteiger partial charge in [0.2, 0.25) is 0 Å². The fraction of sp³-hybridized carbons (Fsp3) is 0.0952. The average Bonchev–Trinajstić information content (AvgIpc) is 2.70. The first kappa shape index (κ1) is 19.4. The van der Waals surface area contributed by atoms with Crippen LogP contribution in [0.5, 0.6) is 5.75 Å². The van der Waals surface area contributed by atoms with E-state index in [1.165, 1.54) is 24.3 Å². The molecule has 0 spiro atoms. The summed E-state index contributed by atoms with van der Waals surface area (Å²) in [7, 11) is -2.17. The molecule has 0 aliphatic rings. The molecule has 0 aliphatic carbocycles. The molecule has 3 aromatic rings. The van der Waals surface area contributed by atoms with Gasteiger partial charge in [0.15, 0.2) is 0 Å². The van der Waals surface area contributed by atoms with E-state index in [1.807, 2.05) is 19.1 Å². The Morgan fingerprint density at radius 2 is 1.54 bits per heavy atom. The van der Waals surface area contributed by atoms with Gasteiger partial charge < -0.3 is 10.1 Å². The van der Waals surface area contributed by atoms with Crippen molar-refractivity contribution in [2.75, 3.05) is 17.1 Å². The van der Waals surface area contributed by atoms with Crippen molar-refractivity contribution in [2.45, 2.75) is 11.8 Å². The lowest BCUT2D eigenvalue weighted by molar-refractivity contribution is 0.102. The fourth-order valence-corrected chi connectivity index (χ4v) is 3.68. The van der Waals surface area contributed by atoms with Crippen molar-refractivity contribution in [3.8, 4) is 5.75 Å². The lowest BCUT2D eigenvalue weighted by Gasteiger charge is -2.11. The number of para-hydroxylation sites is 1. The number of nitrogens with one attached hydrogen (secondary N) is 2. The molecule has 0 aromatic heterocycles. The van der Waals surface area contributed by atoms with Gasteiger partial charge in [0, 0.05) is 11.3 Å². The maximum Gasteiger partial charge on any atom is 0.261 e. The Hall–Kier alpha value is -3.32. The van der Waals surface area contributed by atoms with Crippen LogP contribution in [0.2, 0.25) is 0 Å². The van der Waals surface area contributed by atoms with Crippen LogP contribution >= 0.6 is 0 Å². The number of carbonyl (C=O) groups is 1.